The third-order valence-electron chi connectivity index (χ3n) is 2.49. The number of hydrogen-bond donors (Lipinski definition) is 4. The summed E-state index contributed by atoms with van der Waals surface area (Å²) in [7, 11) is 0. The molecule has 0 aliphatic carbocycles. The maximum atomic E-state index is 12.3. The van der Waals surface area contributed by atoms with Crippen molar-refractivity contribution >= 4 is 17.7 Å². The first kappa shape index (κ1) is 16.6. The second-order valence-electron chi connectivity index (χ2n) is 4.03. The average molecular weight is 304 g/mol. The standard InChI is InChI=1S/C12H14F2N2O5/c13-10(14)6-16(3-4-17)12(21)15-7-1-2-9(18)8(5-7)11(19)20/h1-2,5,10,17-18H,3-4,6H2,(H,15,21)(H,19,20). The first-order valence-electron chi connectivity index (χ1n) is 5.86. The monoisotopic (exact) mass is 304 g/mol. The van der Waals surface area contributed by atoms with Crippen molar-refractivity contribution in [1.82, 2.24) is 4.90 Å². The summed E-state index contributed by atoms with van der Waals surface area (Å²) in [4.78, 5) is 23.3. The number of halogens is 2. The fourth-order valence-electron chi connectivity index (χ4n) is 1.55. The Hall–Kier alpha value is -2.42. The van der Waals surface area contributed by atoms with E-state index in [4.69, 9.17) is 10.2 Å². The number of nitrogens with one attached hydrogen (secondary N) is 1. The number of aromatic hydroxyl groups is 1. The molecule has 0 heterocycles. The molecule has 0 bridgehead atoms. The van der Waals surface area contributed by atoms with Gasteiger partial charge >= 0.3 is 12.0 Å². The van der Waals surface area contributed by atoms with Crippen molar-refractivity contribution in [2.75, 3.05) is 25.0 Å². The van der Waals surface area contributed by atoms with Crippen molar-refractivity contribution in [3.8, 4) is 5.75 Å². The number of anilines is 1. The van der Waals surface area contributed by atoms with Gasteiger partial charge in [-0.2, -0.15) is 0 Å². The Morgan fingerprint density at radius 1 is 1.33 bits per heavy atom. The van der Waals surface area contributed by atoms with Crippen molar-refractivity contribution in [1.29, 1.82) is 0 Å². The van der Waals surface area contributed by atoms with Crippen LogP contribution in [0.1, 0.15) is 10.4 Å². The number of amides is 2. The van der Waals surface area contributed by atoms with Crippen LogP contribution in [0, 0.1) is 0 Å². The van der Waals surface area contributed by atoms with E-state index in [1.54, 1.807) is 0 Å². The summed E-state index contributed by atoms with van der Waals surface area (Å²) >= 11 is 0. The molecule has 7 nitrogen and oxygen atoms in total. The number of rotatable bonds is 6. The number of phenols is 1. The number of nitrogens with zero attached hydrogens (tertiary/aromatic N) is 1. The van der Waals surface area contributed by atoms with Gasteiger partial charge in [0.15, 0.2) is 0 Å². The number of carboxylic acids is 1. The molecule has 0 aliphatic heterocycles. The van der Waals surface area contributed by atoms with Gasteiger partial charge in [-0.25, -0.2) is 18.4 Å². The number of hydrogen-bond acceptors (Lipinski definition) is 4. The molecule has 0 aromatic heterocycles. The second-order valence-corrected chi connectivity index (χ2v) is 4.03. The zero-order valence-corrected chi connectivity index (χ0v) is 10.8. The highest BCUT2D eigenvalue weighted by atomic mass is 19.3. The van der Waals surface area contributed by atoms with Gasteiger partial charge in [0.25, 0.3) is 6.43 Å². The van der Waals surface area contributed by atoms with Crippen LogP contribution in [0.15, 0.2) is 18.2 Å². The van der Waals surface area contributed by atoms with E-state index >= 15 is 0 Å². The predicted octanol–water partition coefficient (Wildman–Crippen LogP) is 1.18. The first-order valence-corrected chi connectivity index (χ1v) is 5.86. The molecule has 0 fully saturated rings. The van der Waals surface area contributed by atoms with E-state index in [0.717, 1.165) is 12.1 Å². The Balaban J connectivity index is 2.85. The summed E-state index contributed by atoms with van der Waals surface area (Å²) in [6.45, 7) is -1.65. The smallest absolute Gasteiger partial charge is 0.339 e. The molecule has 9 heteroatoms. The van der Waals surface area contributed by atoms with E-state index in [1.807, 2.05) is 0 Å². The SMILES string of the molecule is O=C(O)c1cc(NC(=O)N(CCO)CC(F)F)ccc1O. The summed E-state index contributed by atoms with van der Waals surface area (Å²) in [5.41, 5.74) is -0.414. The van der Waals surface area contributed by atoms with Crippen LogP contribution in [0.4, 0.5) is 19.3 Å². The third-order valence-corrected chi connectivity index (χ3v) is 2.49. The van der Waals surface area contributed by atoms with Crippen LogP contribution in [0.2, 0.25) is 0 Å². The highest BCUT2D eigenvalue weighted by molar-refractivity contribution is 5.95. The fraction of sp³-hybridized carbons (Fsp3) is 0.333. The number of aliphatic hydroxyl groups excluding tert-OH is 1. The van der Waals surface area contributed by atoms with Gasteiger partial charge in [-0.15, -0.1) is 0 Å². The lowest BCUT2D eigenvalue weighted by atomic mass is 10.2. The predicted molar refractivity (Wildman–Crippen MR) is 68.7 cm³/mol. The van der Waals surface area contributed by atoms with Gasteiger partial charge in [0.2, 0.25) is 0 Å². The van der Waals surface area contributed by atoms with Crippen molar-refractivity contribution in [3.63, 3.8) is 0 Å². The van der Waals surface area contributed by atoms with Crippen LogP contribution in [-0.4, -0.2) is 58.3 Å². The lowest BCUT2D eigenvalue weighted by Crippen LogP contribution is -2.40. The van der Waals surface area contributed by atoms with Crippen molar-refractivity contribution in [3.05, 3.63) is 23.8 Å². The number of carbonyl (C=O) groups is 2. The van der Waals surface area contributed by atoms with E-state index in [9.17, 15) is 23.5 Å². The van der Waals surface area contributed by atoms with Crippen molar-refractivity contribution < 1.29 is 33.7 Å². The van der Waals surface area contributed by atoms with E-state index < -0.39 is 42.9 Å². The molecule has 116 valence electrons. The Morgan fingerprint density at radius 3 is 2.52 bits per heavy atom. The number of carboxylic acid groups (broad SMARTS) is 1. The highest BCUT2D eigenvalue weighted by Gasteiger charge is 2.18. The minimum absolute atomic E-state index is 0.0207. The molecule has 21 heavy (non-hydrogen) atoms. The minimum atomic E-state index is -2.77. The molecule has 0 atom stereocenters. The molecule has 0 spiro atoms. The maximum Gasteiger partial charge on any atom is 0.339 e. The largest absolute Gasteiger partial charge is 0.507 e. The topological polar surface area (TPSA) is 110 Å². The zero-order valence-electron chi connectivity index (χ0n) is 10.8. The molecule has 0 saturated heterocycles. The first-order chi connectivity index (χ1) is 9.85. The summed E-state index contributed by atoms with van der Waals surface area (Å²) < 4.78 is 24.6. The Bertz CT molecular complexity index is 524. The highest BCUT2D eigenvalue weighted by Crippen LogP contribution is 2.21. The zero-order chi connectivity index (χ0) is 16.0. The van der Waals surface area contributed by atoms with Crippen LogP contribution in [0.5, 0.6) is 5.75 Å². The number of carbonyl (C=O) groups excluding carboxylic acids is 1. The molecule has 0 unspecified atom stereocenters. The van der Waals surface area contributed by atoms with Gasteiger partial charge in [-0.1, -0.05) is 0 Å². The number of alkyl halides is 2. The summed E-state index contributed by atoms with van der Waals surface area (Å²) in [6.07, 6.45) is -2.77. The number of aliphatic hydroxyl groups is 1. The maximum absolute atomic E-state index is 12.3. The molecule has 1 aromatic carbocycles. The molecule has 1 aromatic rings. The number of urea groups is 1. The molecule has 0 saturated carbocycles. The third kappa shape index (κ3) is 4.88. The van der Waals surface area contributed by atoms with Gasteiger partial charge in [-0.05, 0) is 18.2 Å². The van der Waals surface area contributed by atoms with Gasteiger partial charge < -0.3 is 25.5 Å². The molecule has 4 N–H and O–H groups in total. The summed E-state index contributed by atoms with van der Waals surface area (Å²) in [5, 5.41) is 29.1. The molecule has 0 radical (unpaired) electrons. The average Bonchev–Trinajstić information content (AvgIpc) is 2.39. The second kappa shape index (κ2) is 7.39. The van der Waals surface area contributed by atoms with Gasteiger partial charge in [0.05, 0.1) is 13.2 Å². The molecule has 0 aliphatic rings. The number of aromatic carboxylic acids is 1. The lowest BCUT2D eigenvalue weighted by Gasteiger charge is -2.21. The minimum Gasteiger partial charge on any atom is -0.507 e. The van der Waals surface area contributed by atoms with E-state index in [1.165, 1.54) is 6.07 Å². The molecular weight excluding hydrogens is 290 g/mol. The van der Waals surface area contributed by atoms with Crippen LogP contribution in [0.3, 0.4) is 0 Å². The lowest BCUT2D eigenvalue weighted by molar-refractivity contribution is 0.0693. The molecule has 1 rings (SSSR count). The van der Waals surface area contributed by atoms with Crippen LogP contribution in [0.25, 0.3) is 0 Å². The van der Waals surface area contributed by atoms with Crippen LogP contribution < -0.4 is 5.32 Å². The Labute approximate surface area is 118 Å². The van der Waals surface area contributed by atoms with Gasteiger partial charge in [0.1, 0.15) is 11.3 Å². The van der Waals surface area contributed by atoms with Crippen LogP contribution in [-0.2, 0) is 0 Å². The van der Waals surface area contributed by atoms with E-state index in [-0.39, 0.29) is 12.2 Å². The molecule has 2 amide bonds. The van der Waals surface area contributed by atoms with E-state index in [2.05, 4.69) is 5.32 Å². The van der Waals surface area contributed by atoms with Crippen LogP contribution >= 0.6 is 0 Å². The Morgan fingerprint density at radius 2 is 2.00 bits per heavy atom. The number of benzene rings is 1. The van der Waals surface area contributed by atoms with E-state index in [0.29, 0.717) is 4.90 Å². The quantitative estimate of drug-likeness (QED) is 0.590. The van der Waals surface area contributed by atoms with Crippen molar-refractivity contribution in [2.24, 2.45) is 0 Å². The Kier molecular flexibility index (Phi) is 5.85. The van der Waals surface area contributed by atoms with Gasteiger partial charge in [0, 0.05) is 12.2 Å². The van der Waals surface area contributed by atoms with Crippen molar-refractivity contribution in [2.45, 2.75) is 6.43 Å². The van der Waals surface area contributed by atoms with Gasteiger partial charge in [-0.3, -0.25) is 0 Å². The summed E-state index contributed by atoms with van der Waals surface area (Å²) in [6, 6.07) is 2.36. The fourth-order valence-corrected chi connectivity index (χ4v) is 1.55. The molecular formula is C12H14F2N2O5. The normalized spacial score (nSPS) is 10.5. The summed E-state index contributed by atoms with van der Waals surface area (Å²) in [5.74, 6) is -1.89.